The Morgan fingerprint density at radius 2 is 1.90 bits per heavy atom. The summed E-state index contributed by atoms with van der Waals surface area (Å²) in [6.07, 6.45) is 2.94. The van der Waals surface area contributed by atoms with Gasteiger partial charge in [0.15, 0.2) is 0 Å². The fraction of sp³-hybridized carbons (Fsp3) is 0.867. The van der Waals surface area contributed by atoms with Gasteiger partial charge < -0.3 is 19.8 Å². The molecule has 0 aliphatic carbocycles. The molecular formula is C15H29N3O3. The number of urea groups is 1. The molecule has 1 unspecified atom stereocenters. The van der Waals surface area contributed by atoms with Crippen LogP contribution >= 0.6 is 0 Å². The van der Waals surface area contributed by atoms with Crippen LogP contribution in [-0.4, -0.2) is 79.1 Å². The number of aliphatic carboxylic acids is 1. The van der Waals surface area contributed by atoms with Crippen molar-refractivity contribution in [2.45, 2.75) is 32.6 Å². The molecule has 0 aromatic rings. The molecule has 1 atom stereocenters. The first-order chi connectivity index (χ1) is 9.82. The molecule has 2 amide bonds. The maximum absolute atomic E-state index is 12.4. The Balaban J connectivity index is 2.54. The first kappa shape index (κ1) is 17.8. The molecule has 0 aromatic carbocycles. The van der Waals surface area contributed by atoms with Crippen molar-refractivity contribution in [1.29, 1.82) is 0 Å². The molecule has 1 aliphatic heterocycles. The molecule has 0 radical (unpaired) electrons. The molecule has 0 spiro atoms. The van der Waals surface area contributed by atoms with Crippen LogP contribution in [0.4, 0.5) is 4.79 Å². The van der Waals surface area contributed by atoms with Gasteiger partial charge in [0.2, 0.25) is 0 Å². The second kappa shape index (κ2) is 7.64. The lowest BCUT2D eigenvalue weighted by Gasteiger charge is -2.27. The fourth-order valence-corrected chi connectivity index (χ4v) is 2.96. The molecule has 1 fully saturated rings. The zero-order valence-corrected chi connectivity index (χ0v) is 13.8. The number of hydrogen-bond acceptors (Lipinski definition) is 3. The number of carbonyl (C=O) groups is 2. The van der Waals surface area contributed by atoms with E-state index in [0.29, 0.717) is 32.5 Å². The molecule has 1 rings (SSSR count). The SMILES string of the molecule is CCCC1(C(=O)O)CCN(C(=O)N(C)CCCN(C)C)C1. The Morgan fingerprint density at radius 1 is 1.24 bits per heavy atom. The lowest BCUT2D eigenvalue weighted by Crippen LogP contribution is -2.43. The van der Waals surface area contributed by atoms with Crippen LogP contribution in [0.3, 0.4) is 0 Å². The standard InChI is InChI=1S/C15H29N3O3/c1-5-7-15(13(19)20)8-11-18(12-15)14(21)17(4)10-6-9-16(2)3/h5-12H2,1-4H3,(H,19,20). The van der Waals surface area contributed by atoms with Crippen LogP contribution in [0, 0.1) is 5.41 Å². The van der Waals surface area contributed by atoms with Crippen molar-refractivity contribution in [2.75, 3.05) is 47.3 Å². The second-order valence-corrected chi connectivity index (χ2v) is 6.37. The van der Waals surface area contributed by atoms with E-state index in [2.05, 4.69) is 4.90 Å². The maximum Gasteiger partial charge on any atom is 0.319 e. The van der Waals surface area contributed by atoms with E-state index in [4.69, 9.17) is 0 Å². The summed E-state index contributed by atoms with van der Waals surface area (Å²) < 4.78 is 0. The van der Waals surface area contributed by atoms with E-state index in [1.54, 1.807) is 16.8 Å². The first-order valence-electron chi connectivity index (χ1n) is 7.70. The van der Waals surface area contributed by atoms with Gasteiger partial charge in [-0.25, -0.2) is 4.79 Å². The molecule has 1 heterocycles. The van der Waals surface area contributed by atoms with Crippen molar-refractivity contribution in [2.24, 2.45) is 5.41 Å². The number of likely N-dealkylation sites (tertiary alicyclic amines) is 1. The minimum absolute atomic E-state index is 0.0482. The van der Waals surface area contributed by atoms with Gasteiger partial charge in [0.25, 0.3) is 0 Å². The number of rotatable bonds is 7. The van der Waals surface area contributed by atoms with E-state index < -0.39 is 11.4 Å². The molecule has 6 nitrogen and oxygen atoms in total. The summed E-state index contributed by atoms with van der Waals surface area (Å²) in [5.41, 5.74) is -0.741. The summed E-state index contributed by atoms with van der Waals surface area (Å²) in [5, 5.41) is 9.48. The van der Waals surface area contributed by atoms with E-state index in [1.807, 2.05) is 21.0 Å². The fourth-order valence-electron chi connectivity index (χ4n) is 2.96. The quantitative estimate of drug-likeness (QED) is 0.775. The van der Waals surface area contributed by atoms with Crippen LogP contribution in [-0.2, 0) is 4.79 Å². The molecular weight excluding hydrogens is 270 g/mol. The van der Waals surface area contributed by atoms with E-state index >= 15 is 0 Å². The van der Waals surface area contributed by atoms with Gasteiger partial charge in [-0.15, -0.1) is 0 Å². The lowest BCUT2D eigenvalue weighted by atomic mass is 9.83. The van der Waals surface area contributed by atoms with Crippen molar-refractivity contribution in [3.63, 3.8) is 0 Å². The van der Waals surface area contributed by atoms with Crippen molar-refractivity contribution >= 4 is 12.0 Å². The molecule has 1 aliphatic rings. The monoisotopic (exact) mass is 299 g/mol. The van der Waals surface area contributed by atoms with Gasteiger partial charge in [0, 0.05) is 26.7 Å². The Kier molecular flexibility index (Phi) is 6.45. The average Bonchev–Trinajstić information content (AvgIpc) is 2.83. The molecule has 6 heteroatoms. The summed E-state index contributed by atoms with van der Waals surface area (Å²) in [7, 11) is 5.81. The van der Waals surface area contributed by atoms with Gasteiger partial charge in [0.1, 0.15) is 0 Å². The number of carboxylic acids is 1. The van der Waals surface area contributed by atoms with Gasteiger partial charge >= 0.3 is 12.0 Å². The van der Waals surface area contributed by atoms with Gasteiger partial charge in [0.05, 0.1) is 5.41 Å². The third-order valence-electron chi connectivity index (χ3n) is 4.23. The smallest absolute Gasteiger partial charge is 0.319 e. The van der Waals surface area contributed by atoms with Gasteiger partial charge in [-0.3, -0.25) is 4.79 Å². The molecule has 21 heavy (non-hydrogen) atoms. The minimum atomic E-state index is -0.769. The van der Waals surface area contributed by atoms with Gasteiger partial charge in [-0.1, -0.05) is 13.3 Å². The zero-order chi connectivity index (χ0) is 16.0. The molecule has 1 N–H and O–H groups in total. The highest BCUT2D eigenvalue weighted by molar-refractivity contribution is 5.79. The predicted octanol–water partition coefficient (Wildman–Crippen LogP) is 1.57. The molecule has 1 saturated heterocycles. The van der Waals surface area contributed by atoms with E-state index in [1.165, 1.54) is 0 Å². The number of amides is 2. The normalized spacial score (nSPS) is 21.9. The van der Waals surface area contributed by atoms with Crippen molar-refractivity contribution in [1.82, 2.24) is 14.7 Å². The summed E-state index contributed by atoms with van der Waals surface area (Å²) in [6, 6.07) is -0.0482. The molecule has 122 valence electrons. The van der Waals surface area contributed by atoms with E-state index in [-0.39, 0.29) is 6.03 Å². The predicted molar refractivity (Wildman–Crippen MR) is 82.4 cm³/mol. The van der Waals surface area contributed by atoms with Crippen molar-refractivity contribution < 1.29 is 14.7 Å². The Bertz CT molecular complexity index is 373. The number of nitrogens with zero attached hydrogens (tertiary/aromatic N) is 3. The number of carbonyl (C=O) groups excluding carboxylic acids is 1. The lowest BCUT2D eigenvalue weighted by molar-refractivity contribution is -0.148. The van der Waals surface area contributed by atoms with Crippen LogP contribution < -0.4 is 0 Å². The first-order valence-corrected chi connectivity index (χ1v) is 7.70. The van der Waals surface area contributed by atoms with E-state index in [9.17, 15) is 14.7 Å². The van der Waals surface area contributed by atoms with Gasteiger partial charge in [-0.05, 0) is 39.9 Å². The van der Waals surface area contributed by atoms with Crippen LogP contribution in [0.1, 0.15) is 32.6 Å². The molecule has 0 saturated carbocycles. The summed E-state index contributed by atoms with van der Waals surface area (Å²) in [6.45, 7) is 4.51. The van der Waals surface area contributed by atoms with Crippen LogP contribution in [0.5, 0.6) is 0 Å². The third-order valence-corrected chi connectivity index (χ3v) is 4.23. The van der Waals surface area contributed by atoms with Crippen molar-refractivity contribution in [3.8, 4) is 0 Å². The van der Waals surface area contributed by atoms with Crippen LogP contribution in [0.15, 0.2) is 0 Å². The highest BCUT2D eigenvalue weighted by Gasteiger charge is 2.45. The molecule has 0 aromatic heterocycles. The highest BCUT2D eigenvalue weighted by atomic mass is 16.4. The van der Waals surface area contributed by atoms with Gasteiger partial charge in [-0.2, -0.15) is 0 Å². The Morgan fingerprint density at radius 3 is 2.43 bits per heavy atom. The number of hydrogen-bond donors (Lipinski definition) is 1. The van der Waals surface area contributed by atoms with Crippen molar-refractivity contribution in [3.05, 3.63) is 0 Å². The number of carboxylic acid groups (broad SMARTS) is 1. The summed E-state index contributed by atoms with van der Waals surface area (Å²) >= 11 is 0. The van der Waals surface area contributed by atoms with Crippen LogP contribution in [0.25, 0.3) is 0 Å². The third kappa shape index (κ3) is 4.59. The second-order valence-electron chi connectivity index (χ2n) is 6.37. The summed E-state index contributed by atoms with van der Waals surface area (Å²) in [5.74, 6) is -0.769. The average molecular weight is 299 g/mol. The van der Waals surface area contributed by atoms with E-state index in [0.717, 1.165) is 19.4 Å². The maximum atomic E-state index is 12.4. The minimum Gasteiger partial charge on any atom is -0.481 e. The molecule has 0 bridgehead atoms. The summed E-state index contributed by atoms with van der Waals surface area (Å²) in [4.78, 5) is 29.4. The Hall–Kier alpha value is -1.30. The zero-order valence-electron chi connectivity index (χ0n) is 13.8. The highest BCUT2D eigenvalue weighted by Crippen LogP contribution is 2.35. The topological polar surface area (TPSA) is 64.1 Å². The largest absolute Gasteiger partial charge is 0.481 e. The van der Waals surface area contributed by atoms with Crippen LogP contribution in [0.2, 0.25) is 0 Å². The Labute approximate surface area is 127 Å².